The van der Waals surface area contributed by atoms with Crippen molar-refractivity contribution < 1.29 is 19.1 Å². The molecule has 5 nitrogen and oxygen atoms in total. The van der Waals surface area contributed by atoms with Crippen LogP contribution in [0.3, 0.4) is 0 Å². The Hall–Kier alpha value is -1.92. The van der Waals surface area contributed by atoms with Crippen molar-refractivity contribution in [3.8, 4) is 5.75 Å². The van der Waals surface area contributed by atoms with Crippen LogP contribution < -0.4 is 10.1 Å². The summed E-state index contributed by atoms with van der Waals surface area (Å²) in [7, 11) is 0. The number of rotatable bonds is 7. The highest BCUT2D eigenvalue weighted by molar-refractivity contribution is 6.42. The summed E-state index contributed by atoms with van der Waals surface area (Å²) in [4.78, 5) is 24.5. The van der Waals surface area contributed by atoms with Crippen molar-refractivity contribution in [1.82, 2.24) is 0 Å². The van der Waals surface area contributed by atoms with Gasteiger partial charge in [-0.25, -0.2) is 4.79 Å². The van der Waals surface area contributed by atoms with Gasteiger partial charge in [0.2, 0.25) is 6.10 Å². The number of halogens is 4. The summed E-state index contributed by atoms with van der Waals surface area (Å²) in [6.07, 6.45) is -1.22. The molecule has 1 amide bonds. The molecular formula is C19H15Cl4NO4. The van der Waals surface area contributed by atoms with Crippen LogP contribution in [0.2, 0.25) is 20.1 Å². The molecule has 2 rings (SSSR count). The first-order valence-electron chi connectivity index (χ1n) is 7.86. The predicted octanol–water partition coefficient (Wildman–Crippen LogP) is 5.81. The minimum atomic E-state index is -1.22. The topological polar surface area (TPSA) is 64.6 Å². The van der Waals surface area contributed by atoms with E-state index in [0.717, 1.165) is 0 Å². The first kappa shape index (κ1) is 22.4. The number of nitrogens with one attached hydrogen (secondary N) is 1. The minimum absolute atomic E-state index is 0.245. The molecule has 0 bridgehead atoms. The van der Waals surface area contributed by atoms with Crippen LogP contribution >= 0.6 is 46.4 Å². The third-order valence-corrected chi connectivity index (χ3v) is 4.63. The summed E-state index contributed by atoms with van der Waals surface area (Å²) < 4.78 is 10.5. The van der Waals surface area contributed by atoms with E-state index >= 15 is 0 Å². The number of carbonyl (C=O) groups is 2. The van der Waals surface area contributed by atoms with Crippen molar-refractivity contribution in [2.45, 2.75) is 13.0 Å². The van der Waals surface area contributed by atoms with Crippen LogP contribution in [0.5, 0.6) is 5.75 Å². The molecule has 0 spiro atoms. The number of anilines is 1. The molecule has 2 aromatic carbocycles. The van der Waals surface area contributed by atoms with Crippen LogP contribution in [0, 0.1) is 0 Å². The van der Waals surface area contributed by atoms with Crippen molar-refractivity contribution in [3.63, 3.8) is 0 Å². The molecule has 1 atom stereocenters. The summed E-state index contributed by atoms with van der Waals surface area (Å²) in [5.74, 6) is -1.11. The minimum Gasteiger partial charge on any atom is -0.480 e. The van der Waals surface area contributed by atoms with Gasteiger partial charge in [-0.1, -0.05) is 53.0 Å². The smallest absolute Gasteiger partial charge is 0.345 e. The number of hydrogen-bond acceptors (Lipinski definition) is 4. The van der Waals surface area contributed by atoms with Gasteiger partial charge in [0, 0.05) is 10.7 Å². The van der Waals surface area contributed by atoms with Gasteiger partial charge in [0.05, 0.1) is 15.1 Å². The molecule has 0 aromatic heterocycles. The molecule has 1 N–H and O–H groups in total. The Morgan fingerprint density at radius 3 is 2.36 bits per heavy atom. The lowest BCUT2D eigenvalue weighted by atomic mass is 10.1. The van der Waals surface area contributed by atoms with Gasteiger partial charge < -0.3 is 14.8 Å². The Kier molecular flexibility index (Phi) is 8.01. The van der Waals surface area contributed by atoms with Crippen LogP contribution in [-0.4, -0.2) is 24.6 Å². The molecule has 1 unspecified atom stereocenters. The lowest BCUT2D eigenvalue weighted by Crippen LogP contribution is -2.34. The fraction of sp³-hybridized carbons (Fsp3) is 0.158. The highest BCUT2D eigenvalue weighted by Crippen LogP contribution is 2.28. The molecule has 9 heteroatoms. The van der Waals surface area contributed by atoms with E-state index < -0.39 is 24.6 Å². The molecule has 0 aliphatic rings. The Labute approximate surface area is 182 Å². The van der Waals surface area contributed by atoms with E-state index in [2.05, 4.69) is 11.9 Å². The maximum absolute atomic E-state index is 12.4. The third-order valence-electron chi connectivity index (χ3n) is 3.36. The number of ether oxygens (including phenoxy) is 2. The van der Waals surface area contributed by atoms with Crippen LogP contribution in [0.1, 0.15) is 6.92 Å². The number of carbonyl (C=O) groups excluding carboxylic acids is 2. The normalized spacial score (nSPS) is 11.5. The fourth-order valence-electron chi connectivity index (χ4n) is 2.05. The van der Waals surface area contributed by atoms with Crippen molar-refractivity contribution in [1.29, 1.82) is 0 Å². The predicted molar refractivity (Wildman–Crippen MR) is 112 cm³/mol. The number of hydrogen-bond donors (Lipinski definition) is 1. The molecule has 0 saturated carbocycles. The standard InChI is InChI=1S/C19H15Cl4NO4/c1-10(2)18(19(26)24-12-4-5-13(21)14(22)8-12)28-17(25)9-27-16-6-3-11(20)7-15(16)23/h3-8,18H,1,9H2,2H3,(H,24,26). The molecule has 2 aromatic rings. The first-order chi connectivity index (χ1) is 13.2. The molecule has 148 valence electrons. The first-order valence-corrected chi connectivity index (χ1v) is 9.37. The molecule has 0 saturated heterocycles. The van der Waals surface area contributed by atoms with Crippen LogP contribution in [0.25, 0.3) is 0 Å². The Balaban J connectivity index is 1.98. The van der Waals surface area contributed by atoms with E-state index in [1.807, 2.05) is 0 Å². The Bertz CT molecular complexity index is 917. The zero-order chi connectivity index (χ0) is 20.8. The second kappa shape index (κ2) is 10.0. The average molecular weight is 463 g/mol. The van der Waals surface area contributed by atoms with Crippen molar-refractivity contribution in [2.75, 3.05) is 11.9 Å². The summed E-state index contributed by atoms with van der Waals surface area (Å²) in [5.41, 5.74) is 0.723. The van der Waals surface area contributed by atoms with Crippen molar-refractivity contribution >= 4 is 64.0 Å². The zero-order valence-electron chi connectivity index (χ0n) is 14.6. The molecule has 28 heavy (non-hydrogen) atoms. The van der Waals surface area contributed by atoms with Crippen molar-refractivity contribution in [2.24, 2.45) is 0 Å². The Morgan fingerprint density at radius 1 is 1.04 bits per heavy atom. The molecular weight excluding hydrogens is 448 g/mol. The quantitative estimate of drug-likeness (QED) is 0.416. The highest BCUT2D eigenvalue weighted by atomic mass is 35.5. The van der Waals surface area contributed by atoms with Gasteiger partial charge >= 0.3 is 5.97 Å². The highest BCUT2D eigenvalue weighted by Gasteiger charge is 2.24. The van der Waals surface area contributed by atoms with Crippen LogP contribution in [0.15, 0.2) is 48.6 Å². The summed E-state index contributed by atoms with van der Waals surface area (Å²) >= 11 is 23.5. The lowest BCUT2D eigenvalue weighted by molar-refractivity contribution is -0.154. The second-order valence-corrected chi connectivity index (χ2v) is 7.36. The maximum atomic E-state index is 12.4. The fourth-order valence-corrected chi connectivity index (χ4v) is 2.82. The van der Waals surface area contributed by atoms with Gasteiger partial charge in [0.15, 0.2) is 6.61 Å². The van der Waals surface area contributed by atoms with E-state index in [1.165, 1.54) is 24.3 Å². The van der Waals surface area contributed by atoms with E-state index in [1.54, 1.807) is 19.1 Å². The molecule has 0 fully saturated rings. The molecule has 0 radical (unpaired) electrons. The molecule has 0 aliphatic carbocycles. The van der Waals surface area contributed by atoms with E-state index in [4.69, 9.17) is 55.9 Å². The van der Waals surface area contributed by atoms with Gasteiger partial charge in [-0.05, 0) is 48.9 Å². The number of esters is 1. The molecule has 0 aliphatic heterocycles. The van der Waals surface area contributed by atoms with Crippen LogP contribution in [-0.2, 0) is 14.3 Å². The van der Waals surface area contributed by atoms with E-state index in [-0.39, 0.29) is 15.8 Å². The zero-order valence-corrected chi connectivity index (χ0v) is 17.6. The van der Waals surface area contributed by atoms with Gasteiger partial charge in [0.25, 0.3) is 5.91 Å². The summed E-state index contributed by atoms with van der Waals surface area (Å²) in [6, 6.07) is 9.14. The van der Waals surface area contributed by atoms with Gasteiger partial charge in [-0.3, -0.25) is 4.79 Å². The van der Waals surface area contributed by atoms with Gasteiger partial charge in [-0.15, -0.1) is 0 Å². The van der Waals surface area contributed by atoms with Gasteiger partial charge in [0.1, 0.15) is 5.75 Å². The third kappa shape index (κ3) is 6.31. The van der Waals surface area contributed by atoms with E-state index in [0.29, 0.717) is 21.3 Å². The number of benzene rings is 2. The van der Waals surface area contributed by atoms with Gasteiger partial charge in [-0.2, -0.15) is 0 Å². The van der Waals surface area contributed by atoms with Crippen LogP contribution in [0.4, 0.5) is 5.69 Å². The largest absolute Gasteiger partial charge is 0.480 e. The maximum Gasteiger partial charge on any atom is 0.345 e. The van der Waals surface area contributed by atoms with Crippen molar-refractivity contribution in [3.05, 3.63) is 68.6 Å². The Morgan fingerprint density at radius 2 is 1.75 bits per heavy atom. The van der Waals surface area contributed by atoms with E-state index in [9.17, 15) is 9.59 Å². The number of amides is 1. The lowest BCUT2D eigenvalue weighted by Gasteiger charge is -2.18. The monoisotopic (exact) mass is 461 g/mol. The summed E-state index contributed by atoms with van der Waals surface area (Å²) in [6.45, 7) is 4.79. The average Bonchev–Trinajstić information content (AvgIpc) is 2.61. The second-order valence-electron chi connectivity index (χ2n) is 5.70. The summed E-state index contributed by atoms with van der Waals surface area (Å²) in [5, 5.41) is 3.89. The molecule has 0 heterocycles. The SMILES string of the molecule is C=C(C)C(OC(=O)COc1ccc(Cl)cc1Cl)C(=O)Nc1ccc(Cl)c(Cl)c1.